The minimum absolute atomic E-state index is 0.410. The summed E-state index contributed by atoms with van der Waals surface area (Å²) in [6.07, 6.45) is 26.7. The highest BCUT2D eigenvalue weighted by atomic mass is 28.2. The summed E-state index contributed by atoms with van der Waals surface area (Å²) in [5.41, 5.74) is -2.81. The Bertz CT molecular complexity index is 650. The van der Waals surface area contributed by atoms with Gasteiger partial charge in [-0.15, -0.1) is 25.7 Å². The third kappa shape index (κ3) is 15.4. The third-order valence-corrected chi connectivity index (χ3v) is 7.15. The highest BCUT2D eigenvalue weighted by molar-refractivity contribution is 6.36. The maximum absolute atomic E-state index is 6.00. The fourth-order valence-corrected chi connectivity index (χ4v) is 5.36. The van der Waals surface area contributed by atoms with Crippen LogP contribution in [-0.4, -0.2) is 53.3 Å². The number of rotatable bonds is 17. The highest BCUT2D eigenvalue weighted by Crippen LogP contribution is 2.20. The second kappa shape index (κ2) is 14.8. The van der Waals surface area contributed by atoms with E-state index in [-0.39, 0.29) is 0 Å². The Balaban J connectivity index is 4.48. The Kier molecular flexibility index (Phi) is 14.2. The van der Waals surface area contributed by atoms with Crippen LogP contribution in [0.3, 0.4) is 0 Å². The zero-order valence-corrected chi connectivity index (χ0v) is 24.3. The van der Waals surface area contributed by atoms with Crippen LogP contribution in [0.4, 0.5) is 0 Å². The molecule has 186 valence electrons. The first-order chi connectivity index (χ1) is 15.6. The lowest BCUT2D eigenvalue weighted by Gasteiger charge is -2.31. The molecular formula is C28H42O4Si2. The van der Waals surface area contributed by atoms with Crippen molar-refractivity contribution in [2.24, 2.45) is 0 Å². The van der Waals surface area contributed by atoms with Crippen molar-refractivity contribution in [1.29, 1.82) is 0 Å². The van der Waals surface area contributed by atoms with Gasteiger partial charge >= 0.3 is 0 Å². The van der Waals surface area contributed by atoms with Gasteiger partial charge in [-0.3, -0.25) is 0 Å². The molecule has 0 unspecified atom stereocenters. The van der Waals surface area contributed by atoms with Crippen molar-refractivity contribution in [3.05, 3.63) is 0 Å². The predicted molar refractivity (Wildman–Crippen MR) is 143 cm³/mol. The summed E-state index contributed by atoms with van der Waals surface area (Å²) in [6, 6.07) is 1.99. The van der Waals surface area contributed by atoms with Crippen LogP contribution in [0.1, 0.15) is 81.1 Å². The van der Waals surface area contributed by atoms with Crippen LogP contribution in [0.5, 0.6) is 0 Å². The van der Waals surface area contributed by atoms with Gasteiger partial charge in [0.15, 0.2) is 0 Å². The standard InChI is InChI=1S/C28H42O4Si2/c1-13-25(5,6)29-23(30-26(7,8)14-2)33-21-19-17-18-20-22-34-24(31-27(9,10)15-3)32-28(11,12)16-4/h1-4,23-24H,17-22H2,5-12H3. The zero-order valence-electron chi connectivity index (χ0n) is 22.3. The number of hydrogen-bond acceptors (Lipinski definition) is 4. The Morgan fingerprint density at radius 3 is 0.941 bits per heavy atom. The van der Waals surface area contributed by atoms with E-state index in [9.17, 15) is 0 Å². The van der Waals surface area contributed by atoms with E-state index < -0.39 is 34.2 Å². The summed E-state index contributed by atoms with van der Waals surface area (Å²) >= 11 is 0. The van der Waals surface area contributed by atoms with Crippen molar-refractivity contribution < 1.29 is 18.9 Å². The van der Waals surface area contributed by atoms with E-state index in [0.29, 0.717) is 19.0 Å². The maximum Gasteiger partial charge on any atom is 0.141 e. The first-order valence-electron chi connectivity index (χ1n) is 11.7. The molecule has 0 saturated carbocycles. The van der Waals surface area contributed by atoms with E-state index in [2.05, 4.69) is 23.7 Å². The van der Waals surface area contributed by atoms with Gasteiger partial charge < -0.3 is 18.9 Å². The molecule has 0 spiro atoms. The van der Waals surface area contributed by atoms with Gasteiger partial charge in [0.1, 0.15) is 53.3 Å². The predicted octanol–water partition coefficient (Wildman–Crippen LogP) is 5.07. The van der Waals surface area contributed by atoms with Crippen LogP contribution in [0.15, 0.2) is 0 Å². The average Bonchev–Trinajstić information content (AvgIpc) is 2.74. The van der Waals surface area contributed by atoms with Crippen molar-refractivity contribution in [1.82, 2.24) is 0 Å². The van der Waals surface area contributed by atoms with Crippen molar-refractivity contribution in [2.45, 2.75) is 127 Å². The van der Waals surface area contributed by atoms with Crippen molar-refractivity contribution >= 4 is 19.0 Å². The van der Waals surface area contributed by atoms with Gasteiger partial charge in [0.05, 0.1) is 0 Å². The number of ether oxygens (including phenoxy) is 4. The highest BCUT2D eigenvalue weighted by Gasteiger charge is 2.28. The second-order valence-electron chi connectivity index (χ2n) is 10.1. The molecule has 0 aromatic carbocycles. The minimum Gasteiger partial charge on any atom is -0.338 e. The topological polar surface area (TPSA) is 36.9 Å². The molecule has 0 heterocycles. The summed E-state index contributed by atoms with van der Waals surface area (Å²) in [7, 11) is 0.920. The van der Waals surface area contributed by atoms with Crippen LogP contribution in [0, 0.1) is 49.4 Å². The monoisotopic (exact) mass is 498 g/mol. The summed E-state index contributed by atoms with van der Waals surface area (Å²) < 4.78 is 24.0. The Morgan fingerprint density at radius 1 is 0.500 bits per heavy atom. The van der Waals surface area contributed by atoms with Crippen LogP contribution >= 0.6 is 0 Å². The molecule has 0 aliphatic heterocycles. The SMILES string of the molecule is C#CC(C)(C)OC(OC(C)(C)C#C)[Si]CCCCCC[Si]C(OC(C)(C)C#C)OC(C)(C)C#C. The van der Waals surface area contributed by atoms with Gasteiger partial charge in [0, 0.05) is 0 Å². The molecule has 0 rings (SSSR count). The summed E-state index contributed by atoms with van der Waals surface area (Å²) in [5.74, 6) is 9.80. The van der Waals surface area contributed by atoms with Crippen LogP contribution < -0.4 is 0 Å². The molecule has 0 aromatic heterocycles. The number of hydrogen-bond donors (Lipinski definition) is 0. The molecule has 6 heteroatoms. The normalized spacial score (nSPS) is 12.8. The van der Waals surface area contributed by atoms with Crippen LogP contribution in [-0.2, 0) is 18.9 Å². The third-order valence-electron chi connectivity index (χ3n) is 4.72. The molecule has 0 atom stereocenters. The van der Waals surface area contributed by atoms with Gasteiger partial charge in [0.25, 0.3) is 0 Å². The average molecular weight is 499 g/mol. The molecule has 0 aromatic rings. The van der Waals surface area contributed by atoms with Gasteiger partial charge in [-0.25, -0.2) is 0 Å². The molecule has 0 aliphatic carbocycles. The Labute approximate surface area is 214 Å². The van der Waals surface area contributed by atoms with Gasteiger partial charge in [-0.2, -0.15) is 0 Å². The molecule has 0 bridgehead atoms. The second-order valence-corrected chi connectivity index (χ2v) is 12.8. The molecule has 4 radical (unpaired) electrons. The number of terminal acetylenes is 4. The van der Waals surface area contributed by atoms with E-state index in [1.165, 1.54) is 0 Å². The first-order valence-corrected chi connectivity index (χ1v) is 14.3. The maximum atomic E-state index is 6.00. The van der Waals surface area contributed by atoms with E-state index in [4.69, 9.17) is 44.6 Å². The Morgan fingerprint density at radius 2 is 0.735 bits per heavy atom. The molecule has 0 saturated heterocycles. The van der Waals surface area contributed by atoms with E-state index in [1.807, 2.05) is 55.4 Å². The minimum atomic E-state index is -0.702. The molecule has 4 nitrogen and oxygen atoms in total. The summed E-state index contributed by atoms with van der Waals surface area (Å²) in [6.45, 7) is 14.8. The quantitative estimate of drug-likeness (QED) is 0.121. The largest absolute Gasteiger partial charge is 0.338 e. The smallest absolute Gasteiger partial charge is 0.141 e. The van der Waals surface area contributed by atoms with Gasteiger partial charge in [-0.1, -0.05) is 61.5 Å². The van der Waals surface area contributed by atoms with E-state index in [1.54, 1.807) is 0 Å². The molecular weight excluding hydrogens is 456 g/mol. The first kappa shape index (κ1) is 32.5. The van der Waals surface area contributed by atoms with Crippen molar-refractivity contribution in [2.75, 3.05) is 0 Å². The summed E-state index contributed by atoms with van der Waals surface area (Å²) in [5, 5.41) is 0. The van der Waals surface area contributed by atoms with E-state index >= 15 is 0 Å². The number of unbranched alkanes of at least 4 members (excludes halogenated alkanes) is 3. The van der Waals surface area contributed by atoms with E-state index in [0.717, 1.165) is 37.8 Å². The van der Waals surface area contributed by atoms with Crippen LogP contribution in [0.2, 0.25) is 12.1 Å². The molecule has 0 N–H and O–H groups in total. The van der Waals surface area contributed by atoms with Crippen LogP contribution in [0.25, 0.3) is 0 Å². The lowest BCUT2D eigenvalue weighted by molar-refractivity contribution is -0.173. The molecule has 0 amide bonds. The molecule has 0 aliphatic rings. The van der Waals surface area contributed by atoms with Crippen molar-refractivity contribution in [3.63, 3.8) is 0 Å². The lowest BCUT2D eigenvalue weighted by Crippen LogP contribution is -2.40. The Hall–Kier alpha value is -1.49. The fourth-order valence-electron chi connectivity index (χ4n) is 2.46. The van der Waals surface area contributed by atoms with Gasteiger partial charge in [-0.05, 0) is 55.4 Å². The van der Waals surface area contributed by atoms with Crippen molar-refractivity contribution in [3.8, 4) is 49.4 Å². The summed E-state index contributed by atoms with van der Waals surface area (Å²) in [4.78, 5) is 0. The molecule has 34 heavy (non-hydrogen) atoms. The lowest BCUT2D eigenvalue weighted by atomic mass is 10.1. The van der Waals surface area contributed by atoms with Gasteiger partial charge in [0.2, 0.25) is 0 Å². The zero-order chi connectivity index (χ0) is 26.5. The fraction of sp³-hybridized carbons (Fsp3) is 0.714. The molecule has 0 fully saturated rings.